The highest BCUT2D eigenvalue weighted by Crippen LogP contribution is 2.31. The van der Waals surface area contributed by atoms with Crippen LogP contribution >= 0.6 is 23.2 Å². The SMILES string of the molecule is Clc1ccc(CN(CC2CC2)C[C@H]2CCNC2)c(Cl)c1. The first-order valence-electron chi connectivity index (χ1n) is 7.57. The van der Waals surface area contributed by atoms with Crippen molar-refractivity contribution in [2.45, 2.75) is 25.8 Å². The molecule has 2 fully saturated rings. The quantitative estimate of drug-likeness (QED) is 0.859. The molecule has 0 spiro atoms. The van der Waals surface area contributed by atoms with Crippen LogP contribution in [0.2, 0.25) is 10.0 Å². The minimum atomic E-state index is 0.715. The van der Waals surface area contributed by atoms with Gasteiger partial charge >= 0.3 is 0 Å². The fourth-order valence-electron chi connectivity index (χ4n) is 3.00. The van der Waals surface area contributed by atoms with Gasteiger partial charge in [0.2, 0.25) is 0 Å². The molecule has 2 nitrogen and oxygen atoms in total. The van der Waals surface area contributed by atoms with E-state index in [-0.39, 0.29) is 0 Å². The largest absolute Gasteiger partial charge is 0.316 e. The molecule has 1 N–H and O–H groups in total. The van der Waals surface area contributed by atoms with E-state index in [2.05, 4.69) is 16.3 Å². The average Bonchev–Trinajstić information content (AvgIpc) is 3.07. The molecule has 1 heterocycles. The smallest absolute Gasteiger partial charge is 0.0465 e. The Morgan fingerprint density at radius 3 is 2.55 bits per heavy atom. The Morgan fingerprint density at radius 1 is 1.10 bits per heavy atom. The van der Waals surface area contributed by atoms with Crippen LogP contribution in [0.15, 0.2) is 18.2 Å². The minimum Gasteiger partial charge on any atom is -0.316 e. The van der Waals surface area contributed by atoms with Crippen molar-refractivity contribution in [3.63, 3.8) is 0 Å². The monoisotopic (exact) mass is 312 g/mol. The maximum absolute atomic E-state index is 6.32. The highest BCUT2D eigenvalue weighted by Gasteiger charge is 2.26. The molecule has 1 aromatic rings. The van der Waals surface area contributed by atoms with E-state index in [4.69, 9.17) is 23.2 Å². The van der Waals surface area contributed by atoms with Gasteiger partial charge in [0.25, 0.3) is 0 Å². The molecule has 110 valence electrons. The molecule has 0 bridgehead atoms. The van der Waals surface area contributed by atoms with E-state index in [0.717, 1.165) is 29.9 Å². The molecule has 2 aliphatic rings. The zero-order valence-electron chi connectivity index (χ0n) is 11.7. The fraction of sp³-hybridized carbons (Fsp3) is 0.625. The van der Waals surface area contributed by atoms with Gasteiger partial charge in [-0.15, -0.1) is 0 Å². The molecular formula is C16H22Cl2N2. The Balaban J connectivity index is 1.64. The summed E-state index contributed by atoms with van der Waals surface area (Å²) in [6.45, 7) is 5.68. The first-order chi connectivity index (χ1) is 9.70. The fourth-order valence-corrected chi connectivity index (χ4v) is 3.46. The first kappa shape index (κ1) is 14.6. The predicted octanol–water partition coefficient (Wildman–Crippen LogP) is 3.81. The van der Waals surface area contributed by atoms with Gasteiger partial charge in [0.15, 0.2) is 0 Å². The van der Waals surface area contributed by atoms with Crippen LogP contribution in [0.3, 0.4) is 0 Å². The van der Waals surface area contributed by atoms with Gasteiger partial charge in [-0.25, -0.2) is 0 Å². The van der Waals surface area contributed by atoms with Gasteiger partial charge in [-0.05, 0) is 61.9 Å². The molecule has 0 aromatic heterocycles. The molecule has 1 aliphatic carbocycles. The number of nitrogens with one attached hydrogen (secondary N) is 1. The van der Waals surface area contributed by atoms with Crippen molar-refractivity contribution in [3.8, 4) is 0 Å². The van der Waals surface area contributed by atoms with E-state index >= 15 is 0 Å². The van der Waals surface area contributed by atoms with Crippen LogP contribution in [0.1, 0.15) is 24.8 Å². The van der Waals surface area contributed by atoms with Crippen molar-refractivity contribution in [2.24, 2.45) is 11.8 Å². The van der Waals surface area contributed by atoms with Gasteiger partial charge in [-0.3, -0.25) is 4.90 Å². The summed E-state index contributed by atoms with van der Waals surface area (Å²) >= 11 is 12.3. The molecule has 0 amide bonds. The molecule has 20 heavy (non-hydrogen) atoms. The molecule has 1 saturated heterocycles. The lowest BCUT2D eigenvalue weighted by molar-refractivity contribution is 0.220. The van der Waals surface area contributed by atoms with Crippen molar-refractivity contribution in [1.82, 2.24) is 10.2 Å². The zero-order valence-corrected chi connectivity index (χ0v) is 13.3. The Morgan fingerprint density at radius 2 is 1.90 bits per heavy atom. The highest BCUT2D eigenvalue weighted by atomic mass is 35.5. The number of rotatable bonds is 6. The van der Waals surface area contributed by atoms with Gasteiger partial charge in [0.05, 0.1) is 0 Å². The van der Waals surface area contributed by atoms with Gasteiger partial charge in [0, 0.05) is 29.7 Å². The van der Waals surface area contributed by atoms with Crippen LogP contribution in [0.25, 0.3) is 0 Å². The number of nitrogens with zero attached hydrogens (tertiary/aromatic N) is 1. The number of halogens is 2. The summed E-state index contributed by atoms with van der Waals surface area (Å²) in [6, 6.07) is 5.86. The van der Waals surface area contributed by atoms with E-state index in [1.54, 1.807) is 0 Å². The van der Waals surface area contributed by atoms with Crippen molar-refractivity contribution < 1.29 is 0 Å². The summed E-state index contributed by atoms with van der Waals surface area (Å²) in [5.74, 6) is 1.70. The second-order valence-electron chi connectivity index (χ2n) is 6.23. The van der Waals surface area contributed by atoms with Crippen LogP contribution < -0.4 is 5.32 Å². The summed E-state index contributed by atoms with van der Waals surface area (Å²) in [5, 5.41) is 4.97. The lowest BCUT2D eigenvalue weighted by Crippen LogP contribution is -2.32. The number of hydrogen-bond donors (Lipinski definition) is 1. The van der Waals surface area contributed by atoms with Crippen LogP contribution in [0.5, 0.6) is 0 Å². The third kappa shape index (κ3) is 4.11. The van der Waals surface area contributed by atoms with Crippen LogP contribution in [0, 0.1) is 11.8 Å². The van der Waals surface area contributed by atoms with E-state index in [9.17, 15) is 0 Å². The van der Waals surface area contributed by atoms with E-state index in [1.807, 2.05) is 12.1 Å². The van der Waals surface area contributed by atoms with Gasteiger partial charge in [-0.2, -0.15) is 0 Å². The third-order valence-corrected chi connectivity index (χ3v) is 4.89. The van der Waals surface area contributed by atoms with Crippen LogP contribution in [-0.4, -0.2) is 31.1 Å². The number of benzene rings is 1. The topological polar surface area (TPSA) is 15.3 Å². The molecule has 0 radical (unpaired) electrons. The molecule has 4 heteroatoms. The standard InChI is InChI=1S/C16H22Cl2N2/c17-15-4-3-14(16(18)7-15)11-20(9-12-1-2-12)10-13-5-6-19-8-13/h3-4,7,12-13,19H,1-2,5-6,8-11H2/t13-/m0/s1. The van der Waals surface area contributed by atoms with Gasteiger partial charge in [-0.1, -0.05) is 29.3 Å². The summed E-state index contributed by atoms with van der Waals surface area (Å²) in [5.41, 5.74) is 1.20. The Labute approximate surface area is 131 Å². The molecule has 0 unspecified atom stereocenters. The molecule has 3 rings (SSSR count). The molecule has 1 saturated carbocycles. The summed E-state index contributed by atoms with van der Waals surface area (Å²) in [6.07, 6.45) is 4.09. The van der Waals surface area contributed by atoms with Crippen molar-refractivity contribution in [1.29, 1.82) is 0 Å². The normalized spacial score (nSPS) is 22.6. The maximum atomic E-state index is 6.32. The lowest BCUT2D eigenvalue weighted by Gasteiger charge is -2.25. The summed E-state index contributed by atoms with van der Waals surface area (Å²) in [7, 11) is 0. The second kappa shape index (κ2) is 6.65. The highest BCUT2D eigenvalue weighted by molar-refractivity contribution is 6.35. The van der Waals surface area contributed by atoms with Gasteiger partial charge < -0.3 is 5.32 Å². The molecular weight excluding hydrogens is 291 g/mol. The minimum absolute atomic E-state index is 0.715. The van der Waals surface area contributed by atoms with Crippen LogP contribution in [-0.2, 0) is 6.54 Å². The van der Waals surface area contributed by atoms with Crippen molar-refractivity contribution in [3.05, 3.63) is 33.8 Å². The van der Waals surface area contributed by atoms with E-state index in [1.165, 1.54) is 44.5 Å². The summed E-state index contributed by atoms with van der Waals surface area (Å²) < 4.78 is 0. The lowest BCUT2D eigenvalue weighted by atomic mass is 10.1. The zero-order chi connectivity index (χ0) is 13.9. The second-order valence-corrected chi connectivity index (χ2v) is 7.08. The third-order valence-electron chi connectivity index (χ3n) is 4.30. The number of hydrogen-bond acceptors (Lipinski definition) is 2. The van der Waals surface area contributed by atoms with Crippen molar-refractivity contribution in [2.75, 3.05) is 26.2 Å². The predicted molar refractivity (Wildman–Crippen MR) is 85.4 cm³/mol. The molecule has 1 aromatic carbocycles. The Kier molecular flexibility index (Phi) is 4.87. The molecule has 1 atom stereocenters. The van der Waals surface area contributed by atoms with Crippen molar-refractivity contribution >= 4 is 23.2 Å². The van der Waals surface area contributed by atoms with Gasteiger partial charge in [0.1, 0.15) is 0 Å². The van der Waals surface area contributed by atoms with E-state index in [0.29, 0.717) is 5.02 Å². The Hall–Kier alpha value is -0.280. The first-order valence-corrected chi connectivity index (χ1v) is 8.33. The van der Waals surface area contributed by atoms with E-state index < -0.39 is 0 Å². The van der Waals surface area contributed by atoms with Crippen LogP contribution in [0.4, 0.5) is 0 Å². The average molecular weight is 313 g/mol. The summed E-state index contributed by atoms with van der Waals surface area (Å²) in [4.78, 5) is 2.59. The maximum Gasteiger partial charge on any atom is 0.0465 e. The Bertz CT molecular complexity index is 454. The molecule has 1 aliphatic heterocycles.